The van der Waals surface area contributed by atoms with Gasteiger partial charge >= 0.3 is 0 Å². The first-order valence-electron chi connectivity index (χ1n) is 5.77. The van der Waals surface area contributed by atoms with Crippen LogP contribution in [0.4, 0.5) is 5.95 Å². The minimum absolute atomic E-state index is 0.00573. The molecule has 1 aromatic heterocycles. The number of hydrogen-bond acceptors (Lipinski definition) is 4. The van der Waals surface area contributed by atoms with Gasteiger partial charge in [0.25, 0.3) is 0 Å². The van der Waals surface area contributed by atoms with Crippen molar-refractivity contribution in [3.8, 4) is 0 Å². The van der Waals surface area contributed by atoms with Gasteiger partial charge in [0.05, 0.1) is 6.61 Å². The van der Waals surface area contributed by atoms with E-state index in [-0.39, 0.29) is 6.61 Å². The zero-order valence-corrected chi connectivity index (χ0v) is 9.98. The van der Waals surface area contributed by atoms with Crippen LogP contribution in [0.1, 0.15) is 32.3 Å². The summed E-state index contributed by atoms with van der Waals surface area (Å²) in [6, 6.07) is 0. The summed E-state index contributed by atoms with van der Waals surface area (Å²) in [6.07, 6.45) is 5.85. The van der Waals surface area contributed by atoms with Gasteiger partial charge in [0, 0.05) is 31.0 Å². The van der Waals surface area contributed by atoms with Gasteiger partial charge in [-0.25, -0.2) is 9.97 Å². The lowest BCUT2D eigenvalue weighted by atomic mass is 9.84. The summed E-state index contributed by atoms with van der Waals surface area (Å²) >= 11 is 0. The van der Waals surface area contributed by atoms with Gasteiger partial charge in [-0.3, -0.25) is 0 Å². The molecule has 1 saturated heterocycles. The Labute approximate surface area is 96.3 Å². The third-order valence-corrected chi connectivity index (χ3v) is 3.06. The number of aliphatic hydroxyl groups excluding tert-OH is 1. The second kappa shape index (κ2) is 4.37. The minimum atomic E-state index is 0.00573. The molecule has 0 atom stereocenters. The normalized spacial score (nSPS) is 19.8. The molecule has 0 bridgehead atoms. The van der Waals surface area contributed by atoms with Gasteiger partial charge in [-0.15, -0.1) is 0 Å². The van der Waals surface area contributed by atoms with E-state index in [4.69, 9.17) is 5.11 Å². The topological polar surface area (TPSA) is 49.2 Å². The zero-order valence-electron chi connectivity index (χ0n) is 9.98. The third-order valence-electron chi connectivity index (χ3n) is 3.06. The van der Waals surface area contributed by atoms with Crippen LogP contribution in [0.2, 0.25) is 0 Å². The Hall–Kier alpha value is -1.16. The second-order valence-corrected chi connectivity index (χ2v) is 5.24. The van der Waals surface area contributed by atoms with Gasteiger partial charge in [-0.2, -0.15) is 0 Å². The molecule has 1 fully saturated rings. The van der Waals surface area contributed by atoms with Crippen LogP contribution >= 0.6 is 0 Å². The van der Waals surface area contributed by atoms with Gasteiger partial charge in [0.1, 0.15) is 0 Å². The van der Waals surface area contributed by atoms with Crippen LogP contribution < -0.4 is 4.90 Å². The fraction of sp³-hybridized carbons (Fsp3) is 0.667. The molecule has 0 spiro atoms. The van der Waals surface area contributed by atoms with Crippen molar-refractivity contribution in [2.24, 2.45) is 5.41 Å². The Morgan fingerprint density at radius 2 is 2.06 bits per heavy atom. The first-order valence-corrected chi connectivity index (χ1v) is 5.77. The molecule has 1 aliphatic heterocycles. The summed E-state index contributed by atoms with van der Waals surface area (Å²) in [4.78, 5) is 10.8. The standard InChI is InChI=1S/C12H19N3O/c1-12(2)4-3-5-15(9-12)11-13-6-10(8-16)7-14-11/h6-7,16H,3-5,8-9H2,1-2H3. The van der Waals surface area contributed by atoms with E-state index in [1.165, 1.54) is 12.8 Å². The molecule has 88 valence electrons. The van der Waals surface area contributed by atoms with Gasteiger partial charge in [-0.1, -0.05) is 13.8 Å². The van der Waals surface area contributed by atoms with Crippen LogP contribution in [0.15, 0.2) is 12.4 Å². The summed E-state index contributed by atoms with van der Waals surface area (Å²) in [7, 11) is 0. The molecule has 1 N–H and O–H groups in total. The Bertz CT molecular complexity index is 348. The number of aliphatic hydroxyl groups is 1. The first-order chi connectivity index (χ1) is 7.61. The molecule has 1 aromatic rings. The maximum atomic E-state index is 8.93. The maximum absolute atomic E-state index is 8.93. The largest absolute Gasteiger partial charge is 0.392 e. The van der Waals surface area contributed by atoms with Gasteiger partial charge < -0.3 is 10.0 Å². The molecular formula is C12H19N3O. The molecule has 1 aliphatic rings. The number of aromatic nitrogens is 2. The number of hydrogen-bond donors (Lipinski definition) is 1. The molecule has 0 saturated carbocycles. The Morgan fingerprint density at radius 3 is 2.62 bits per heavy atom. The van der Waals surface area contributed by atoms with Crippen molar-refractivity contribution < 1.29 is 5.11 Å². The Kier molecular flexibility index (Phi) is 3.10. The highest BCUT2D eigenvalue weighted by Gasteiger charge is 2.27. The lowest BCUT2D eigenvalue weighted by Gasteiger charge is -2.37. The van der Waals surface area contributed by atoms with Crippen molar-refractivity contribution >= 4 is 5.95 Å². The van der Waals surface area contributed by atoms with E-state index in [1.807, 2.05) is 0 Å². The van der Waals surface area contributed by atoms with Crippen LogP contribution in [0.25, 0.3) is 0 Å². The Morgan fingerprint density at radius 1 is 1.38 bits per heavy atom. The van der Waals surface area contributed by atoms with Crippen LogP contribution in [0, 0.1) is 5.41 Å². The predicted molar refractivity (Wildman–Crippen MR) is 63.2 cm³/mol. The van der Waals surface area contributed by atoms with Gasteiger partial charge in [0.15, 0.2) is 0 Å². The van der Waals surface area contributed by atoms with Crippen molar-refractivity contribution in [1.82, 2.24) is 9.97 Å². The van der Waals surface area contributed by atoms with Crippen molar-refractivity contribution in [2.75, 3.05) is 18.0 Å². The van der Waals surface area contributed by atoms with E-state index in [2.05, 4.69) is 28.7 Å². The average molecular weight is 221 g/mol. The summed E-state index contributed by atoms with van der Waals surface area (Å²) in [5, 5.41) is 8.93. The second-order valence-electron chi connectivity index (χ2n) is 5.24. The van der Waals surface area contributed by atoms with E-state index < -0.39 is 0 Å². The number of anilines is 1. The SMILES string of the molecule is CC1(C)CCCN(c2ncc(CO)cn2)C1. The number of nitrogens with zero attached hydrogens (tertiary/aromatic N) is 3. The number of rotatable bonds is 2. The first kappa shape index (κ1) is 11.3. The molecule has 0 radical (unpaired) electrons. The van der Waals surface area contributed by atoms with E-state index in [1.54, 1.807) is 12.4 Å². The van der Waals surface area contributed by atoms with E-state index in [0.717, 1.165) is 24.6 Å². The molecule has 4 nitrogen and oxygen atoms in total. The molecule has 0 unspecified atom stereocenters. The lowest BCUT2D eigenvalue weighted by molar-refractivity contribution is 0.280. The predicted octanol–water partition coefficient (Wildman–Crippen LogP) is 1.60. The molecule has 0 aromatic carbocycles. The highest BCUT2D eigenvalue weighted by molar-refractivity contribution is 5.31. The molecule has 4 heteroatoms. The minimum Gasteiger partial charge on any atom is -0.392 e. The van der Waals surface area contributed by atoms with E-state index in [9.17, 15) is 0 Å². The van der Waals surface area contributed by atoms with Crippen LogP contribution in [0.3, 0.4) is 0 Å². The molecular weight excluding hydrogens is 202 g/mol. The molecule has 0 aliphatic carbocycles. The lowest BCUT2D eigenvalue weighted by Crippen LogP contribution is -2.40. The van der Waals surface area contributed by atoms with Crippen LogP contribution in [0.5, 0.6) is 0 Å². The fourth-order valence-corrected chi connectivity index (χ4v) is 2.19. The van der Waals surface area contributed by atoms with Gasteiger partial charge in [0.2, 0.25) is 5.95 Å². The smallest absolute Gasteiger partial charge is 0.225 e. The highest BCUT2D eigenvalue weighted by Crippen LogP contribution is 2.29. The Balaban J connectivity index is 2.11. The van der Waals surface area contributed by atoms with Gasteiger partial charge in [-0.05, 0) is 18.3 Å². The van der Waals surface area contributed by atoms with E-state index >= 15 is 0 Å². The summed E-state index contributed by atoms with van der Waals surface area (Å²) in [6.45, 7) is 6.60. The highest BCUT2D eigenvalue weighted by atomic mass is 16.3. The van der Waals surface area contributed by atoms with Crippen molar-refractivity contribution in [3.05, 3.63) is 18.0 Å². The monoisotopic (exact) mass is 221 g/mol. The maximum Gasteiger partial charge on any atom is 0.225 e. The summed E-state index contributed by atoms with van der Waals surface area (Å²) < 4.78 is 0. The van der Waals surface area contributed by atoms with Crippen molar-refractivity contribution in [1.29, 1.82) is 0 Å². The third kappa shape index (κ3) is 2.50. The fourth-order valence-electron chi connectivity index (χ4n) is 2.19. The summed E-state index contributed by atoms with van der Waals surface area (Å²) in [5.41, 5.74) is 1.11. The molecule has 2 heterocycles. The average Bonchev–Trinajstić information content (AvgIpc) is 2.28. The molecule has 0 amide bonds. The zero-order chi connectivity index (χ0) is 11.6. The molecule has 16 heavy (non-hydrogen) atoms. The van der Waals surface area contributed by atoms with Crippen molar-refractivity contribution in [2.45, 2.75) is 33.3 Å². The quantitative estimate of drug-likeness (QED) is 0.824. The molecule has 2 rings (SSSR count). The summed E-state index contributed by atoms with van der Waals surface area (Å²) in [5.74, 6) is 0.782. The number of piperidine rings is 1. The van der Waals surface area contributed by atoms with E-state index in [0.29, 0.717) is 5.41 Å². The van der Waals surface area contributed by atoms with Crippen LogP contribution in [-0.2, 0) is 6.61 Å². The van der Waals surface area contributed by atoms with Crippen molar-refractivity contribution in [3.63, 3.8) is 0 Å². The van der Waals surface area contributed by atoms with Crippen LogP contribution in [-0.4, -0.2) is 28.2 Å².